The molecule has 29 heavy (non-hydrogen) atoms. The van der Waals surface area contributed by atoms with Crippen molar-refractivity contribution in [3.63, 3.8) is 0 Å². The van der Waals surface area contributed by atoms with Crippen molar-refractivity contribution in [2.45, 2.75) is 38.6 Å². The van der Waals surface area contributed by atoms with Crippen LogP contribution in [0.15, 0.2) is 54.6 Å². The third-order valence-electron chi connectivity index (χ3n) is 5.79. The highest BCUT2D eigenvalue weighted by molar-refractivity contribution is 5.95. The van der Waals surface area contributed by atoms with Crippen molar-refractivity contribution in [2.75, 3.05) is 26.2 Å². The zero-order valence-electron chi connectivity index (χ0n) is 17.1. The largest absolute Gasteiger partial charge is 0.480 e. The molecule has 0 radical (unpaired) electrons. The number of carbonyl (C=O) groups is 2. The molecule has 1 aliphatic heterocycles. The third kappa shape index (κ3) is 5.67. The molecule has 1 N–H and O–H groups in total. The molecule has 5 heteroatoms. The normalized spacial score (nSPS) is 14.9. The van der Waals surface area contributed by atoms with E-state index < -0.39 is 5.97 Å². The summed E-state index contributed by atoms with van der Waals surface area (Å²) in [5.41, 5.74) is 3.15. The van der Waals surface area contributed by atoms with Gasteiger partial charge in [-0.2, -0.15) is 0 Å². The van der Waals surface area contributed by atoms with E-state index in [1.165, 1.54) is 5.56 Å². The average molecular weight is 395 g/mol. The summed E-state index contributed by atoms with van der Waals surface area (Å²) in [6.45, 7) is 4.12. The average Bonchev–Trinajstić information content (AvgIpc) is 2.76. The van der Waals surface area contributed by atoms with Crippen LogP contribution in [0.25, 0.3) is 0 Å². The quantitative estimate of drug-likeness (QED) is 0.745. The van der Waals surface area contributed by atoms with Gasteiger partial charge in [0.25, 0.3) is 5.91 Å². The fraction of sp³-hybridized carbons (Fsp3) is 0.417. The Kier molecular flexibility index (Phi) is 7.42. The van der Waals surface area contributed by atoms with Crippen molar-refractivity contribution in [1.29, 1.82) is 0 Å². The monoisotopic (exact) mass is 394 g/mol. The molecule has 0 aromatic heterocycles. The molecular formula is C24H30N2O3. The molecule has 1 fully saturated rings. The van der Waals surface area contributed by atoms with Crippen molar-refractivity contribution in [3.8, 4) is 0 Å². The molecule has 0 bridgehead atoms. The van der Waals surface area contributed by atoms with Crippen LogP contribution in [0.5, 0.6) is 0 Å². The van der Waals surface area contributed by atoms with Gasteiger partial charge in [-0.3, -0.25) is 14.5 Å². The van der Waals surface area contributed by atoms with E-state index in [1.807, 2.05) is 53.1 Å². The van der Waals surface area contributed by atoms with Crippen LogP contribution in [0.4, 0.5) is 0 Å². The zero-order chi connectivity index (χ0) is 20.6. The predicted octanol–water partition coefficient (Wildman–Crippen LogP) is 3.48. The lowest BCUT2D eigenvalue weighted by atomic mass is 9.97. The predicted molar refractivity (Wildman–Crippen MR) is 114 cm³/mol. The summed E-state index contributed by atoms with van der Waals surface area (Å²) >= 11 is 0. The van der Waals surface area contributed by atoms with Crippen LogP contribution < -0.4 is 0 Å². The topological polar surface area (TPSA) is 60.9 Å². The number of hydrogen-bond acceptors (Lipinski definition) is 3. The smallest absolute Gasteiger partial charge is 0.317 e. The van der Waals surface area contributed by atoms with Gasteiger partial charge in [0.2, 0.25) is 0 Å². The summed E-state index contributed by atoms with van der Waals surface area (Å²) in [7, 11) is 0. The van der Waals surface area contributed by atoms with Crippen molar-refractivity contribution >= 4 is 11.9 Å². The minimum atomic E-state index is -0.794. The first-order chi connectivity index (χ1) is 14.1. The summed E-state index contributed by atoms with van der Waals surface area (Å²) in [6, 6.07) is 18.5. The van der Waals surface area contributed by atoms with Gasteiger partial charge in [-0.25, -0.2) is 0 Å². The lowest BCUT2D eigenvalue weighted by Gasteiger charge is -2.37. The second-order valence-electron chi connectivity index (χ2n) is 7.62. The number of aryl methyl sites for hydroxylation is 2. The Morgan fingerprint density at radius 2 is 1.66 bits per heavy atom. The molecule has 0 atom stereocenters. The zero-order valence-corrected chi connectivity index (χ0v) is 17.1. The fourth-order valence-corrected chi connectivity index (χ4v) is 4.15. The molecule has 1 heterocycles. The van der Waals surface area contributed by atoms with E-state index in [0.29, 0.717) is 19.6 Å². The van der Waals surface area contributed by atoms with Gasteiger partial charge in [0, 0.05) is 24.7 Å². The number of nitrogens with zero attached hydrogens (tertiary/aromatic N) is 2. The summed E-state index contributed by atoms with van der Waals surface area (Å²) in [5.74, 6) is -0.703. The molecule has 0 unspecified atom stereocenters. The number of likely N-dealkylation sites (tertiary alicyclic amines) is 1. The minimum Gasteiger partial charge on any atom is -0.480 e. The molecule has 1 aliphatic rings. The lowest BCUT2D eigenvalue weighted by Crippen LogP contribution is -2.48. The third-order valence-corrected chi connectivity index (χ3v) is 5.79. The number of carboxylic acids is 1. The first kappa shape index (κ1) is 21.1. The van der Waals surface area contributed by atoms with Crippen LogP contribution in [0.1, 0.15) is 41.3 Å². The molecule has 154 valence electrons. The van der Waals surface area contributed by atoms with Gasteiger partial charge in [0.1, 0.15) is 0 Å². The van der Waals surface area contributed by atoms with Gasteiger partial charge in [-0.15, -0.1) is 0 Å². The van der Waals surface area contributed by atoms with Crippen LogP contribution in [0.3, 0.4) is 0 Å². The molecule has 3 rings (SSSR count). The number of rotatable bonds is 8. The van der Waals surface area contributed by atoms with Crippen LogP contribution in [0, 0.1) is 0 Å². The van der Waals surface area contributed by atoms with Crippen LogP contribution in [0.2, 0.25) is 0 Å². The molecule has 1 amide bonds. The van der Waals surface area contributed by atoms with E-state index in [4.69, 9.17) is 5.11 Å². The number of aliphatic carboxylic acids is 1. The number of benzene rings is 2. The van der Waals surface area contributed by atoms with Crippen molar-refractivity contribution < 1.29 is 14.7 Å². The SMILES string of the molecule is CCN(CC(=O)O)C1CCN(C(=O)c2ccccc2CCc2ccccc2)CC1. The number of carbonyl (C=O) groups excluding carboxylic acids is 1. The van der Waals surface area contributed by atoms with Gasteiger partial charge < -0.3 is 10.0 Å². The van der Waals surface area contributed by atoms with Gasteiger partial charge in [-0.1, -0.05) is 55.5 Å². The maximum Gasteiger partial charge on any atom is 0.317 e. The second kappa shape index (κ2) is 10.2. The first-order valence-electron chi connectivity index (χ1n) is 10.5. The first-order valence-corrected chi connectivity index (χ1v) is 10.5. The Morgan fingerprint density at radius 3 is 2.31 bits per heavy atom. The number of amides is 1. The minimum absolute atomic E-state index is 0.0669. The van der Waals surface area contributed by atoms with E-state index in [9.17, 15) is 9.59 Å². The van der Waals surface area contributed by atoms with Gasteiger partial charge in [-0.05, 0) is 49.4 Å². The van der Waals surface area contributed by atoms with Crippen LogP contribution in [-0.2, 0) is 17.6 Å². The number of carboxylic acid groups (broad SMARTS) is 1. The number of likely N-dealkylation sites (N-methyl/N-ethyl adjacent to an activating group) is 1. The van der Waals surface area contributed by atoms with Gasteiger partial charge >= 0.3 is 5.97 Å². The number of piperidine rings is 1. The Hall–Kier alpha value is -2.66. The van der Waals surface area contributed by atoms with Crippen molar-refractivity contribution in [3.05, 3.63) is 71.3 Å². The molecular weight excluding hydrogens is 364 g/mol. The van der Waals surface area contributed by atoms with Crippen molar-refractivity contribution in [2.24, 2.45) is 0 Å². The molecule has 2 aromatic rings. The highest BCUT2D eigenvalue weighted by Crippen LogP contribution is 2.21. The standard InChI is InChI=1S/C24H30N2O3/c1-2-25(18-23(27)28)21-14-16-26(17-15-21)24(29)22-11-7-6-10-20(22)13-12-19-8-4-3-5-9-19/h3-11,21H,2,12-18H2,1H3,(H,27,28). The summed E-state index contributed by atoms with van der Waals surface area (Å²) in [5, 5.41) is 9.09. The molecule has 0 saturated carbocycles. The number of hydrogen-bond donors (Lipinski definition) is 1. The summed E-state index contributed by atoms with van der Waals surface area (Å²) in [6.07, 6.45) is 3.39. The van der Waals surface area contributed by atoms with E-state index in [1.54, 1.807) is 0 Å². The van der Waals surface area contributed by atoms with E-state index in [-0.39, 0.29) is 18.5 Å². The highest BCUT2D eigenvalue weighted by Gasteiger charge is 2.28. The van der Waals surface area contributed by atoms with Gasteiger partial charge in [0.15, 0.2) is 0 Å². The Labute approximate surface area is 172 Å². The lowest BCUT2D eigenvalue weighted by molar-refractivity contribution is -0.139. The maximum atomic E-state index is 13.2. The van der Waals surface area contributed by atoms with E-state index in [0.717, 1.165) is 36.8 Å². The van der Waals surface area contributed by atoms with Crippen LogP contribution in [-0.4, -0.2) is 59.0 Å². The molecule has 5 nitrogen and oxygen atoms in total. The summed E-state index contributed by atoms with van der Waals surface area (Å²) < 4.78 is 0. The van der Waals surface area contributed by atoms with Gasteiger partial charge in [0.05, 0.1) is 6.54 Å². The summed E-state index contributed by atoms with van der Waals surface area (Å²) in [4.78, 5) is 28.2. The van der Waals surface area contributed by atoms with Crippen molar-refractivity contribution in [1.82, 2.24) is 9.80 Å². The Bertz CT molecular complexity index is 814. The fourth-order valence-electron chi connectivity index (χ4n) is 4.15. The second-order valence-corrected chi connectivity index (χ2v) is 7.62. The molecule has 0 spiro atoms. The molecule has 1 saturated heterocycles. The highest BCUT2D eigenvalue weighted by atomic mass is 16.4. The van der Waals surface area contributed by atoms with Crippen LogP contribution >= 0.6 is 0 Å². The van der Waals surface area contributed by atoms with E-state index in [2.05, 4.69) is 18.2 Å². The maximum absolute atomic E-state index is 13.2. The van der Waals surface area contributed by atoms with E-state index >= 15 is 0 Å². The molecule has 0 aliphatic carbocycles. The molecule has 2 aromatic carbocycles. The Balaban J connectivity index is 1.62. The Morgan fingerprint density at radius 1 is 1.00 bits per heavy atom.